The minimum absolute atomic E-state index is 0.134. The predicted molar refractivity (Wildman–Crippen MR) is 97.4 cm³/mol. The first kappa shape index (κ1) is 19.3. The average molecular weight is 366 g/mol. The van der Waals surface area contributed by atoms with Crippen LogP contribution in [0.1, 0.15) is 82.1 Å². The van der Waals surface area contributed by atoms with Crippen molar-refractivity contribution in [2.24, 2.45) is 5.92 Å². The van der Waals surface area contributed by atoms with E-state index in [-0.39, 0.29) is 5.92 Å². The van der Waals surface area contributed by atoms with Gasteiger partial charge in [-0.3, -0.25) is 0 Å². The largest absolute Gasteiger partial charge is 0.501 e. The van der Waals surface area contributed by atoms with E-state index in [0.29, 0.717) is 11.5 Å². The maximum absolute atomic E-state index is 13.5. The smallest absolute Gasteiger partial charge is 0.194 e. The summed E-state index contributed by atoms with van der Waals surface area (Å²) < 4.78 is 45.7. The molecular formula is C22H29F3O. The summed E-state index contributed by atoms with van der Waals surface area (Å²) in [5.41, 5.74) is 2.10. The summed E-state index contributed by atoms with van der Waals surface area (Å²) in [4.78, 5) is 0. The highest BCUT2D eigenvalue weighted by molar-refractivity contribution is 5.23. The van der Waals surface area contributed by atoms with Gasteiger partial charge in [0.2, 0.25) is 0 Å². The van der Waals surface area contributed by atoms with Crippen molar-refractivity contribution in [1.82, 2.24) is 0 Å². The van der Waals surface area contributed by atoms with Gasteiger partial charge in [0.15, 0.2) is 17.5 Å². The highest BCUT2D eigenvalue weighted by Gasteiger charge is 2.25. The summed E-state index contributed by atoms with van der Waals surface area (Å²) in [6, 6.07) is 2.33. The van der Waals surface area contributed by atoms with Crippen LogP contribution in [0.4, 0.5) is 13.2 Å². The Morgan fingerprint density at radius 3 is 2.15 bits per heavy atom. The Balaban J connectivity index is 1.52. The van der Waals surface area contributed by atoms with E-state index >= 15 is 0 Å². The van der Waals surface area contributed by atoms with E-state index in [1.807, 2.05) is 0 Å². The Morgan fingerprint density at radius 1 is 0.962 bits per heavy atom. The van der Waals surface area contributed by atoms with E-state index in [9.17, 15) is 13.2 Å². The van der Waals surface area contributed by atoms with Crippen LogP contribution >= 0.6 is 0 Å². The minimum Gasteiger partial charge on any atom is -0.501 e. The van der Waals surface area contributed by atoms with Gasteiger partial charge in [-0.05, 0) is 92.9 Å². The molecule has 0 unspecified atom stereocenters. The number of hydrogen-bond acceptors (Lipinski definition) is 1. The Morgan fingerprint density at radius 2 is 1.58 bits per heavy atom. The third kappa shape index (κ3) is 4.63. The highest BCUT2D eigenvalue weighted by atomic mass is 19.2. The van der Waals surface area contributed by atoms with Crippen molar-refractivity contribution < 1.29 is 17.9 Å². The van der Waals surface area contributed by atoms with Crippen molar-refractivity contribution in [3.05, 3.63) is 46.5 Å². The molecule has 0 radical (unpaired) electrons. The van der Waals surface area contributed by atoms with Crippen LogP contribution in [0.3, 0.4) is 0 Å². The van der Waals surface area contributed by atoms with Crippen LogP contribution in [-0.2, 0) is 4.74 Å². The fourth-order valence-corrected chi connectivity index (χ4v) is 4.61. The summed E-state index contributed by atoms with van der Waals surface area (Å²) in [6.45, 7) is 0. The molecule has 0 heterocycles. The minimum atomic E-state index is -1.37. The van der Waals surface area contributed by atoms with Gasteiger partial charge in [0, 0.05) is 6.42 Å². The number of allylic oxidation sites excluding steroid dienone is 2. The van der Waals surface area contributed by atoms with Gasteiger partial charge in [0.1, 0.15) is 0 Å². The van der Waals surface area contributed by atoms with E-state index in [1.54, 1.807) is 7.11 Å². The lowest BCUT2D eigenvalue weighted by Crippen LogP contribution is -2.14. The second-order valence-corrected chi connectivity index (χ2v) is 7.85. The van der Waals surface area contributed by atoms with Gasteiger partial charge in [-0.1, -0.05) is 6.42 Å². The van der Waals surface area contributed by atoms with Crippen molar-refractivity contribution in [3.8, 4) is 0 Å². The number of rotatable bonds is 5. The lowest BCUT2D eigenvalue weighted by atomic mass is 9.77. The van der Waals surface area contributed by atoms with Crippen LogP contribution in [0, 0.1) is 23.4 Å². The molecule has 0 aliphatic heterocycles. The summed E-state index contributed by atoms with van der Waals surface area (Å²) in [5.74, 6) is -1.57. The molecule has 0 saturated heterocycles. The van der Waals surface area contributed by atoms with E-state index in [4.69, 9.17) is 4.74 Å². The number of benzene rings is 1. The molecule has 2 aliphatic rings. The quantitative estimate of drug-likeness (QED) is 0.402. The third-order valence-electron chi connectivity index (χ3n) is 6.20. The maximum Gasteiger partial charge on any atom is 0.194 e. The zero-order chi connectivity index (χ0) is 18.5. The zero-order valence-corrected chi connectivity index (χ0v) is 15.6. The van der Waals surface area contributed by atoms with E-state index in [0.717, 1.165) is 38.5 Å². The Hall–Kier alpha value is -1.45. The average Bonchev–Trinajstić information content (AvgIpc) is 2.67. The molecule has 3 rings (SSSR count). The number of hydrogen-bond donors (Lipinski definition) is 0. The number of ether oxygens (including phenoxy) is 1. The summed E-state index contributed by atoms with van der Waals surface area (Å²) in [5, 5.41) is 0. The molecule has 2 saturated carbocycles. The summed E-state index contributed by atoms with van der Waals surface area (Å²) >= 11 is 0. The van der Waals surface area contributed by atoms with Crippen molar-refractivity contribution in [2.45, 2.75) is 76.5 Å². The third-order valence-corrected chi connectivity index (χ3v) is 6.20. The van der Waals surface area contributed by atoms with E-state index in [2.05, 4.69) is 0 Å². The van der Waals surface area contributed by atoms with Crippen LogP contribution in [0.5, 0.6) is 0 Å². The molecule has 1 nitrogen and oxygen atoms in total. The van der Waals surface area contributed by atoms with Gasteiger partial charge in [0.05, 0.1) is 12.9 Å². The molecule has 1 aromatic rings. The molecule has 0 bridgehead atoms. The zero-order valence-electron chi connectivity index (χ0n) is 15.6. The monoisotopic (exact) mass is 366 g/mol. The van der Waals surface area contributed by atoms with E-state index < -0.39 is 17.5 Å². The molecule has 1 aromatic carbocycles. The molecule has 0 aromatic heterocycles. The molecule has 0 spiro atoms. The summed E-state index contributed by atoms with van der Waals surface area (Å²) in [6.07, 6.45) is 12.3. The van der Waals surface area contributed by atoms with Gasteiger partial charge in [-0.2, -0.15) is 0 Å². The molecule has 0 amide bonds. The molecule has 0 N–H and O–H groups in total. The predicted octanol–water partition coefficient (Wildman–Crippen LogP) is 7.02. The van der Waals surface area contributed by atoms with Gasteiger partial charge in [0.25, 0.3) is 0 Å². The lowest BCUT2D eigenvalue weighted by Gasteiger charge is -2.29. The fraction of sp³-hybridized carbons (Fsp3) is 0.636. The topological polar surface area (TPSA) is 9.23 Å². The van der Waals surface area contributed by atoms with Crippen molar-refractivity contribution >= 4 is 0 Å². The van der Waals surface area contributed by atoms with Gasteiger partial charge in [-0.15, -0.1) is 0 Å². The molecule has 0 atom stereocenters. The number of methoxy groups -OCH3 is 1. The van der Waals surface area contributed by atoms with Gasteiger partial charge >= 0.3 is 0 Å². The first-order valence-electron chi connectivity index (χ1n) is 9.97. The Kier molecular flexibility index (Phi) is 6.66. The van der Waals surface area contributed by atoms with Crippen molar-refractivity contribution in [3.63, 3.8) is 0 Å². The van der Waals surface area contributed by atoms with Crippen molar-refractivity contribution in [1.29, 1.82) is 0 Å². The normalized spacial score (nSPS) is 23.8. The first-order chi connectivity index (χ1) is 12.6. The Labute approximate surface area is 154 Å². The second kappa shape index (κ2) is 8.96. The Bertz CT molecular complexity index is 614. The van der Waals surface area contributed by atoms with Crippen molar-refractivity contribution in [2.75, 3.05) is 7.11 Å². The van der Waals surface area contributed by atoms with Crippen LogP contribution in [0.25, 0.3) is 0 Å². The van der Waals surface area contributed by atoms with Crippen LogP contribution in [0.2, 0.25) is 0 Å². The second-order valence-electron chi connectivity index (χ2n) is 7.85. The summed E-state index contributed by atoms with van der Waals surface area (Å²) in [7, 11) is 1.78. The SMILES string of the molecule is COC(CCC1CCC(c2cc(F)c(F)c(F)c2)CC1)=C1CCCCC1. The molecule has 2 fully saturated rings. The highest BCUT2D eigenvalue weighted by Crippen LogP contribution is 2.39. The molecule has 144 valence electrons. The molecule has 2 aliphatic carbocycles. The maximum atomic E-state index is 13.5. The first-order valence-corrected chi connectivity index (χ1v) is 9.97. The number of halogens is 3. The van der Waals surface area contributed by atoms with Gasteiger partial charge < -0.3 is 4.74 Å². The van der Waals surface area contributed by atoms with Gasteiger partial charge in [-0.25, -0.2) is 13.2 Å². The molecule has 26 heavy (non-hydrogen) atoms. The molecule has 4 heteroatoms. The molecular weight excluding hydrogens is 337 g/mol. The van der Waals surface area contributed by atoms with E-state index in [1.165, 1.54) is 55.6 Å². The van der Waals surface area contributed by atoms with Crippen LogP contribution in [-0.4, -0.2) is 7.11 Å². The standard InChI is InChI=1S/C22H29F3O/c1-26-21(17-5-3-2-4-6-17)12-9-15-7-10-16(11-8-15)18-13-19(23)22(25)20(24)14-18/h13-16H,2-12H2,1H3. The van der Waals surface area contributed by atoms with Crippen LogP contribution in [0.15, 0.2) is 23.5 Å². The fourth-order valence-electron chi connectivity index (χ4n) is 4.61. The lowest BCUT2D eigenvalue weighted by molar-refractivity contribution is 0.243. The van der Waals surface area contributed by atoms with Crippen LogP contribution < -0.4 is 0 Å².